The van der Waals surface area contributed by atoms with E-state index in [1.165, 1.54) is 0 Å². The van der Waals surface area contributed by atoms with Crippen molar-refractivity contribution in [2.24, 2.45) is 0 Å². The molecule has 5 heteroatoms. The Bertz CT molecular complexity index is 376. The van der Waals surface area contributed by atoms with E-state index < -0.39 is 0 Å². The van der Waals surface area contributed by atoms with Gasteiger partial charge in [0, 0.05) is 12.7 Å². The quantitative estimate of drug-likeness (QED) is 0.619. The highest BCUT2D eigenvalue weighted by Crippen LogP contribution is 2.20. The Labute approximate surface area is 74.2 Å². The first-order valence-electron chi connectivity index (χ1n) is 3.79. The van der Waals surface area contributed by atoms with Gasteiger partial charge in [0.15, 0.2) is 0 Å². The number of hydrogen-bond acceptors (Lipinski definition) is 3. The van der Waals surface area contributed by atoms with Gasteiger partial charge in [0.2, 0.25) is 6.41 Å². The molecule has 2 heterocycles. The van der Waals surface area contributed by atoms with Crippen molar-refractivity contribution in [1.82, 2.24) is 10.3 Å². The molecule has 0 spiro atoms. The lowest BCUT2D eigenvalue weighted by Crippen LogP contribution is -2.14. The van der Waals surface area contributed by atoms with Crippen LogP contribution in [0.15, 0.2) is 12.3 Å². The van der Waals surface area contributed by atoms with Crippen LogP contribution >= 0.6 is 0 Å². The summed E-state index contributed by atoms with van der Waals surface area (Å²) in [5, 5.41) is 5.03. The molecule has 0 fully saturated rings. The Kier molecular flexibility index (Phi) is 1.70. The zero-order chi connectivity index (χ0) is 9.26. The molecule has 2 amide bonds. The van der Waals surface area contributed by atoms with Gasteiger partial charge in [-0.05, 0) is 11.6 Å². The van der Waals surface area contributed by atoms with E-state index in [-0.39, 0.29) is 5.91 Å². The Morgan fingerprint density at radius 1 is 1.62 bits per heavy atom. The smallest absolute Gasteiger partial charge is 0.255 e. The van der Waals surface area contributed by atoms with E-state index >= 15 is 0 Å². The molecule has 13 heavy (non-hydrogen) atoms. The fourth-order valence-electron chi connectivity index (χ4n) is 1.33. The van der Waals surface area contributed by atoms with E-state index in [4.69, 9.17) is 0 Å². The molecule has 2 rings (SSSR count). The highest BCUT2D eigenvalue weighted by molar-refractivity contribution is 6.03. The Morgan fingerprint density at radius 3 is 3.23 bits per heavy atom. The average molecular weight is 177 g/mol. The van der Waals surface area contributed by atoms with E-state index in [2.05, 4.69) is 15.6 Å². The summed E-state index contributed by atoms with van der Waals surface area (Å²) in [4.78, 5) is 25.3. The molecule has 0 saturated carbocycles. The van der Waals surface area contributed by atoms with Gasteiger partial charge in [-0.2, -0.15) is 0 Å². The van der Waals surface area contributed by atoms with Crippen LogP contribution in [0.2, 0.25) is 0 Å². The fourth-order valence-corrected chi connectivity index (χ4v) is 1.33. The second-order valence-electron chi connectivity index (χ2n) is 2.64. The Morgan fingerprint density at radius 2 is 2.46 bits per heavy atom. The molecule has 1 aliphatic heterocycles. The molecule has 1 aliphatic rings. The molecule has 0 aromatic carbocycles. The zero-order valence-corrected chi connectivity index (χ0v) is 6.70. The maximum absolute atomic E-state index is 11.3. The van der Waals surface area contributed by atoms with E-state index in [1.807, 2.05) is 0 Å². The SMILES string of the molecule is O=CNc1nccc2c1C(=O)NC2. The van der Waals surface area contributed by atoms with Gasteiger partial charge in [0.25, 0.3) is 5.91 Å². The third-order valence-corrected chi connectivity index (χ3v) is 1.90. The van der Waals surface area contributed by atoms with Gasteiger partial charge in [-0.25, -0.2) is 4.98 Å². The number of aromatic nitrogens is 1. The average Bonchev–Trinajstić information content (AvgIpc) is 2.50. The van der Waals surface area contributed by atoms with Crippen molar-refractivity contribution < 1.29 is 9.59 Å². The van der Waals surface area contributed by atoms with Gasteiger partial charge >= 0.3 is 0 Å². The van der Waals surface area contributed by atoms with Crippen LogP contribution in [0.4, 0.5) is 5.82 Å². The summed E-state index contributed by atoms with van der Waals surface area (Å²) in [6.07, 6.45) is 2.07. The summed E-state index contributed by atoms with van der Waals surface area (Å²) in [6, 6.07) is 1.75. The van der Waals surface area contributed by atoms with Crippen molar-refractivity contribution in [3.8, 4) is 0 Å². The van der Waals surface area contributed by atoms with Crippen LogP contribution in [0.5, 0.6) is 0 Å². The van der Waals surface area contributed by atoms with Crippen molar-refractivity contribution in [2.45, 2.75) is 6.54 Å². The fraction of sp³-hybridized carbons (Fsp3) is 0.125. The molecule has 1 aromatic rings. The molecule has 0 saturated heterocycles. The van der Waals surface area contributed by atoms with Gasteiger partial charge < -0.3 is 10.6 Å². The molecule has 0 atom stereocenters. The van der Waals surface area contributed by atoms with E-state index in [1.54, 1.807) is 12.3 Å². The molecule has 5 nitrogen and oxygen atoms in total. The van der Waals surface area contributed by atoms with Crippen molar-refractivity contribution in [3.63, 3.8) is 0 Å². The summed E-state index contributed by atoms with van der Waals surface area (Å²) < 4.78 is 0. The number of nitrogens with zero attached hydrogens (tertiary/aromatic N) is 1. The Hall–Kier alpha value is -1.91. The monoisotopic (exact) mass is 177 g/mol. The number of carbonyl (C=O) groups excluding carboxylic acids is 2. The molecule has 0 bridgehead atoms. The largest absolute Gasteiger partial charge is 0.348 e. The lowest BCUT2D eigenvalue weighted by atomic mass is 10.1. The molecule has 0 unspecified atom stereocenters. The molecular weight excluding hydrogens is 170 g/mol. The summed E-state index contributed by atoms with van der Waals surface area (Å²) in [5.74, 6) is 0.134. The van der Waals surface area contributed by atoms with E-state index in [0.29, 0.717) is 24.3 Å². The number of pyridine rings is 1. The Balaban J connectivity index is 2.52. The first-order chi connectivity index (χ1) is 6.33. The predicted molar refractivity (Wildman–Crippen MR) is 45.1 cm³/mol. The van der Waals surface area contributed by atoms with Crippen LogP contribution < -0.4 is 10.6 Å². The number of amides is 2. The van der Waals surface area contributed by atoms with Gasteiger partial charge in [-0.15, -0.1) is 0 Å². The van der Waals surface area contributed by atoms with Gasteiger partial charge in [0.05, 0.1) is 5.56 Å². The second-order valence-corrected chi connectivity index (χ2v) is 2.64. The lowest BCUT2D eigenvalue weighted by molar-refractivity contribution is -0.105. The van der Waals surface area contributed by atoms with Gasteiger partial charge in [0.1, 0.15) is 5.82 Å². The summed E-state index contributed by atoms with van der Waals surface area (Å²) >= 11 is 0. The number of fused-ring (bicyclic) bond motifs is 1. The number of nitrogens with one attached hydrogen (secondary N) is 2. The molecule has 0 aliphatic carbocycles. The predicted octanol–water partition coefficient (Wildman–Crippen LogP) is -0.107. The van der Waals surface area contributed by atoms with Crippen molar-refractivity contribution in [1.29, 1.82) is 0 Å². The highest BCUT2D eigenvalue weighted by Gasteiger charge is 2.22. The third kappa shape index (κ3) is 1.14. The normalized spacial score (nSPS) is 13.4. The molecule has 66 valence electrons. The number of anilines is 1. The van der Waals surface area contributed by atoms with Crippen molar-refractivity contribution in [3.05, 3.63) is 23.4 Å². The highest BCUT2D eigenvalue weighted by atomic mass is 16.2. The van der Waals surface area contributed by atoms with Crippen LogP contribution in [-0.4, -0.2) is 17.3 Å². The van der Waals surface area contributed by atoms with Crippen molar-refractivity contribution in [2.75, 3.05) is 5.32 Å². The molecular formula is C8H7N3O2. The number of carbonyl (C=O) groups is 2. The van der Waals surface area contributed by atoms with Gasteiger partial charge in [-0.3, -0.25) is 9.59 Å². The summed E-state index contributed by atoms with van der Waals surface area (Å²) in [5.41, 5.74) is 1.33. The maximum atomic E-state index is 11.3. The second kappa shape index (κ2) is 2.85. The minimum atomic E-state index is -0.188. The molecule has 2 N–H and O–H groups in total. The summed E-state index contributed by atoms with van der Waals surface area (Å²) in [7, 11) is 0. The minimum Gasteiger partial charge on any atom is -0.348 e. The lowest BCUT2D eigenvalue weighted by Gasteiger charge is -2.01. The van der Waals surface area contributed by atoms with Crippen LogP contribution in [0, 0.1) is 0 Å². The van der Waals surface area contributed by atoms with E-state index in [0.717, 1.165) is 5.56 Å². The van der Waals surface area contributed by atoms with Crippen LogP contribution in [-0.2, 0) is 11.3 Å². The van der Waals surface area contributed by atoms with Crippen LogP contribution in [0.3, 0.4) is 0 Å². The van der Waals surface area contributed by atoms with Gasteiger partial charge in [-0.1, -0.05) is 0 Å². The van der Waals surface area contributed by atoms with Crippen LogP contribution in [0.25, 0.3) is 0 Å². The van der Waals surface area contributed by atoms with E-state index in [9.17, 15) is 9.59 Å². The third-order valence-electron chi connectivity index (χ3n) is 1.90. The molecule has 1 aromatic heterocycles. The minimum absolute atomic E-state index is 0.188. The van der Waals surface area contributed by atoms with Crippen molar-refractivity contribution >= 4 is 18.1 Å². The zero-order valence-electron chi connectivity index (χ0n) is 6.70. The van der Waals surface area contributed by atoms with Crippen LogP contribution in [0.1, 0.15) is 15.9 Å². The first-order valence-corrected chi connectivity index (χ1v) is 3.79. The summed E-state index contributed by atoms with van der Waals surface area (Å²) in [6.45, 7) is 0.504. The number of hydrogen-bond donors (Lipinski definition) is 2. The first kappa shape index (κ1) is 7.72. The topological polar surface area (TPSA) is 71.1 Å². The standard InChI is InChI=1S/C8H7N3O2/c12-4-11-7-6-5(1-2-9-7)3-10-8(6)13/h1-2,4H,3H2,(H,10,13)(H,9,11,12). The molecule has 0 radical (unpaired) electrons. The maximum Gasteiger partial charge on any atom is 0.255 e. The number of rotatable bonds is 2.